The highest BCUT2D eigenvalue weighted by molar-refractivity contribution is 6.10. The van der Waals surface area contributed by atoms with Crippen LogP contribution in [-0.4, -0.2) is 22.0 Å². The van der Waals surface area contributed by atoms with E-state index in [-0.39, 0.29) is 11.1 Å². The molecule has 0 aliphatic heterocycles. The highest BCUT2D eigenvalue weighted by Crippen LogP contribution is 2.13. The lowest BCUT2D eigenvalue weighted by molar-refractivity contribution is 0.0692. The Hall–Kier alpha value is -2.76. The molecule has 0 aliphatic carbocycles. The van der Waals surface area contributed by atoms with Gasteiger partial charge in [-0.15, -0.1) is 0 Å². The van der Waals surface area contributed by atoms with Crippen molar-refractivity contribution in [1.29, 1.82) is 0 Å². The molecule has 0 saturated heterocycles. The molecule has 0 radical (unpaired) electrons. The molecule has 2 aromatic rings. The Kier molecular flexibility index (Phi) is 3.51. The molecule has 0 saturated carbocycles. The molecule has 1 aromatic heterocycles. The Bertz CT molecular complexity index is 626. The second-order valence-electron chi connectivity index (χ2n) is 3.69. The van der Waals surface area contributed by atoms with Crippen LogP contribution < -0.4 is 5.32 Å². The number of carboxylic acid groups (broad SMARTS) is 1. The summed E-state index contributed by atoms with van der Waals surface area (Å²) in [6, 6.07) is 6.46. The first-order valence-electron chi connectivity index (χ1n) is 5.32. The number of amides is 1. The Balaban J connectivity index is 2.25. The summed E-state index contributed by atoms with van der Waals surface area (Å²) in [6.45, 7) is 0. The van der Waals surface area contributed by atoms with Crippen LogP contribution in [0.2, 0.25) is 0 Å². The van der Waals surface area contributed by atoms with Crippen molar-refractivity contribution in [2.45, 2.75) is 0 Å². The highest BCUT2D eigenvalue weighted by atomic mass is 19.1. The number of carboxylic acids is 1. The summed E-state index contributed by atoms with van der Waals surface area (Å²) in [5.41, 5.74) is 0.175. The summed E-state index contributed by atoms with van der Waals surface area (Å²) in [7, 11) is 0. The largest absolute Gasteiger partial charge is 0.478 e. The zero-order valence-corrected chi connectivity index (χ0v) is 9.63. The first-order chi connectivity index (χ1) is 9.08. The third-order valence-corrected chi connectivity index (χ3v) is 2.40. The third kappa shape index (κ3) is 2.92. The molecule has 0 bridgehead atoms. The van der Waals surface area contributed by atoms with Crippen molar-refractivity contribution >= 4 is 17.6 Å². The van der Waals surface area contributed by atoms with Gasteiger partial charge in [-0.05, 0) is 30.3 Å². The van der Waals surface area contributed by atoms with Gasteiger partial charge in [0, 0.05) is 18.1 Å². The van der Waals surface area contributed by atoms with Crippen molar-refractivity contribution in [3.05, 3.63) is 59.7 Å². The molecule has 0 aliphatic rings. The monoisotopic (exact) mass is 260 g/mol. The van der Waals surface area contributed by atoms with Gasteiger partial charge in [-0.25, -0.2) is 9.18 Å². The van der Waals surface area contributed by atoms with Gasteiger partial charge in [0.25, 0.3) is 5.91 Å². The molecule has 1 aromatic carbocycles. The summed E-state index contributed by atoms with van der Waals surface area (Å²) in [4.78, 5) is 26.5. The van der Waals surface area contributed by atoms with Crippen LogP contribution in [0.25, 0.3) is 0 Å². The smallest absolute Gasteiger partial charge is 0.338 e. The minimum absolute atomic E-state index is 0.00757. The quantitative estimate of drug-likeness (QED) is 0.886. The van der Waals surface area contributed by atoms with Crippen LogP contribution in [0, 0.1) is 5.82 Å². The average Bonchev–Trinajstić information content (AvgIpc) is 2.41. The van der Waals surface area contributed by atoms with E-state index in [0.29, 0.717) is 5.69 Å². The topological polar surface area (TPSA) is 79.3 Å². The number of nitrogens with one attached hydrogen (secondary N) is 1. The maximum Gasteiger partial charge on any atom is 0.338 e. The van der Waals surface area contributed by atoms with Gasteiger partial charge in [0.1, 0.15) is 5.82 Å². The Morgan fingerprint density at radius 1 is 1.11 bits per heavy atom. The first kappa shape index (κ1) is 12.7. The molecule has 2 rings (SSSR count). The van der Waals surface area contributed by atoms with Gasteiger partial charge in [0.2, 0.25) is 0 Å². The van der Waals surface area contributed by atoms with Crippen molar-refractivity contribution in [3.8, 4) is 0 Å². The molecular weight excluding hydrogens is 251 g/mol. The van der Waals surface area contributed by atoms with Crippen molar-refractivity contribution in [1.82, 2.24) is 4.98 Å². The van der Waals surface area contributed by atoms with E-state index in [2.05, 4.69) is 10.3 Å². The SMILES string of the molecule is O=C(O)c1cnccc1C(=O)Nc1ccc(F)cc1. The van der Waals surface area contributed by atoms with Crippen LogP contribution in [-0.2, 0) is 0 Å². The average molecular weight is 260 g/mol. The van der Waals surface area contributed by atoms with Crippen LogP contribution in [0.15, 0.2) is 42.7 Å². The molecule has 0 unspecified atom stereocenters. The lowest BCUT2D eigenvalue weighted by Crippen LogP contribution is -2.16. The molecule has 1 heterocycles. The van der Waals surface area contributed by atoms with Crippen LogP contribution in [0.3, 0.4) is 0 Å². The van der Waals surface area contributed by atoms with Crippen LogP contribution >= 0.6 is 0 Å². The second-order valence-corrected chi connectivity index (χ2v) is 3.69. The summed E-state index contributed by atoms with van der Waals surface area (Å²) >= 11 is 0. The van der Waals surface area contributed by atoms with E-state index < -0.39 is 17.7 Å². The van der Waals surface area contributed by atoms with E-state index in [9.17, 15) is 14.0 Å². The third-order valence-electron chi connectivity index (χ3n) is 2.40. The van der Waals surface area contributed by atoms with Gasteiger partial charge in [-0.2, -0.15) is 0 Å². The highest BCUT2D eigenvalue weighted by Gasteiger charge is 2.16. The summed E-state index contributed by atoms with van der Waals surface area (Å²) < 4.78 is 12.7. The van der Waals surface area contributed by atoms with Crippen LogP contribution in [0.4, 0.5) is 10.1 Å². The minimum Gasteiger partial charge on any atom is -0.478 e. The number of rotatable bonds is 3. The van der Waals surface area contributed by atoms with Crippen molar-refractivity contribution in [2.75, 3.05) is 5.32 Å². The summed E-state index contributed by atoms with van der Waals surface area (Å²) in [5.74, 6) is -2.25. The number of hydrogen-bond acceptors (Lipinski definition) is 3. The summed E-state index contributed by atoms with van der Waals surface area (Å²) in [6.07, 6.45) is 2.42. The zero-order chi connectivity index (χ0) is 13.8. The number of benzene rings is 1. The van der Waals surface area contributed by atoms with Crippen LogP contribution in [0.1, 0.15) is 20.7 Å². The maximum absolute atomic E-state index is 12.7. The predicted octanol–water partition coefficient (Wildman–Crippen LogP) is 2.17. The number of carbonyl (C=O) groups is 2. The molecular formula is C13H9FN2O3. The summed E-state index contributed by atoms with van der Waals surface area (Å²) in [5, 5.41) is 11.4. The van der Waals surface area contributed by atoms with E-state index in [4.69, 9.17) is 5.11 Å². The van der Waals surface area contributed by atoms with Gasteiger partial charge in [0.05, 0.1) is 11.1 Å². The molecule has 96 valence electrons. The normalized spacial score (nSPS) is 9.95. The fourth-order valence-corrected chi connectivity index (χ4v) is 1.49. The molecule has 6 heteroatoms. The molecule has 0 fully saturated rings. The first-order valence-corrected chi connectivity index (χ1v) is 5.32. The maximum atomic E-state index is 12.7. The van der Waals surface area contributed by atoms with Gasteiger partial charge < -0.3 is 10.4 Å². The Morgan fingerprint density at radius 2 is 1.79 bits per heavy atom. The van der Waals surface area contributed by atoms with Gasteiger partial charge in [-0.1, -0.05) is 0 Å². The Labute approximate surface area is 107 Å². The second kappa shape index (κ2) is 5.26. The number of pyridine rings is 1. The lowest BCUT2D eigenvalue weighted by Gasteiger charge is -2.07. The number of carbonyl (C=O) groups excluding carboxylic acids is 1. The Morgan fingerprint density at radius 3 is 2.42 bits per heavy atom. The van der Waals surface area contributed by atoms with Crippen LogP contribution in [0.5, 0.6) is 0 Å². The van der Waals surface area contributed by atoms with E-state index in [1.807, 2.05) is 0 Å². The number of anilines is 1. The molecule has 0 atom stereocenters. The van der Waals surface area contributed by atoms with E-state index in [0.717, 1.165) is 6.20 Å². The van der Waals surface area contributed by atoms with E-state index in [1.54, 1.807) is 0 Å². The van der Waals surface area contributed by atoms with Crippen molar-refractivity contribution < 1.29 is 19.1 Å². The molecule has 1 amide bonds. The lowest BCUT2D eigenvalue weighted by atomic mass is 10.1. The number of aromatic nitrogens is 1. The van der Waals surface area contributed by atoms with E-state index in [1.165, 1.54) is 36.5 Å². The number of halogens is 1. The molecule has 0 spiro atoms. The van der Waals surface area contributed by atoms with Gasteiger partial charge in [0.15, 0.2) is 0 Å². The molecule has 5 nitrogen and oxygen atoms in total. The zero-order valence-electron chi connectivity index (χ0n) is 9.63. The van der Waals surface area contributed by atoms with Gasteiger partial charge >= 0.3 is 5.97 Å². The fraction of sp³-hybridized carbons (Fsp3) is 0. The predicted molar refractivity (Wildman–Crippen MR) is 65.5 cm³/mol. The fourth-order valence-electron chi connectivity index (χ4n) is 1.49. The molecule has 2 N–H and O–H groups in total. The van der Waals surface area contributed by atoms with Gasteiger partial charge in [-0.3, -0.25) is 9.78 Å². The van der Waals surface area contributed by atoms with Crippen molar-refractivity contribution in [3.63, 3.8) is 0 Å². The minimum atomic E-state index is -1.24. The molecule has 19 heavy (non-hydrogen) atoms. The number of aromatic carboxylic acids is 1. The standard InChI is InChI=1S/C13H9FN2O3/c14-8-1-3-9(4-2-8)16-12(17)10-5-6-15-7-11(10)13(18)19/h1-7H,(H,16,17)(H,18,19). The van der Waals surface area contributed by atoms with E-state index >= 15 is 0 Å². The number of nitrogens with zero attached hydrogens (tertiary/aromatic N) is 1. The van der Waals surface area contributed by atoms with Crippen molar-refractivity contribution in [2.24, 2.45) is 0 Å². The number of hydrogen-bond donors (Lipinski definition) is 2.